The van der Waals surface area contributed by atoms with E-state index in [1.54, 1.807) is 12.4 Å². The molecule has 0 radical (unpaired) electrons. The summed E-state index contributed by atoms with van der Waals surface area (Å²) in [6.07, 6.45) is 3.35. The molecule has 1 atom stereocenters. The maximum atomic E-state index is 12.2. The van der Waals surface area contributed by atoms with Crippen LogP contribution in [0.25, 0.3) is 11.0 Å². The lowest BCUT2D eigenvalue weighted by atomic mass is 10.2. The lowest BCUT2D eigenvalue weighted by molar-refractivity contribution is 0.0950. The number of amides is 1. The summed E-state index contributed by atoms with van der Waals surface area (Å²) in [5, 5.41) is 11.2. The average Bonchev–Trinajstić information content (AvgIpc) is 3.02. The van der Waals surface area contributed by atoms with Crippen LogP contribution in [0.2, 0.25) is 0 Å². The zero-order valence-corrected chi connectivity index (χ0v) is 16.3. The van der Waals surface area contributed by atoms with E-state index >= 15 is 0 Å². The Balaban J connectivity index is 0.00000169. The second-order valence-corrected chi connectivity index (χ2v) is 5.82. The molecule has 0 saturated heterocycles. The summed E-state index contributed by atoms with van der Waals surface area (Å²) in [5.74, 6) is -0.123. The second kappa shape index (κ2) is 10.1. The molecule has 1 amide bonds. The van der Waals surface area contributed by atoms with Gasteiger partial charge in [0, 0.05) is 24.2 Å². The molecule has 0 saturated carbocycles. The third-order valence-electron chi connectivity index (χ3n) is 3.97. The highest BCUT2D eigenvalue weighted by Crippen LogP contribution is 2.14. The zero-order valence-electron chi connectivity index (χ0n) is 14.7. The number of hydrogen-bond donors (Lipinski definition) is 2. The number of rotatable bonds is 6. The first-order valence-corrected chi connectivity index (χ1v) is 7.98. The standard InChI is InChI=1S/C18H21N5O.2ClH/c1-13(19-2)9-21-18(24)16-8-15-11-22-23(17(15)20-10-16)12-14-6-4-3-5-7-14;;/h3-8,10-11,13,19H,9,12H2,1-2H3,(H,21,24);2*1H. The second-order valence-electron chi connectivity index (χ2n) is 5.82. The first-order valence-electron chi connectivity index (χ1n) is 7.98. The van der Waals surface area contributed by atoms with E-state index in [0.717, 1.165) is 16.6 Å². The van der Waals surface area contributed by atoms with Crippen LogP contribution in [-0.4, -0.2) is 40.3 Å². The fourth-order valence-corrected chi connectivity index (χ4v) is 2.42. The molecule has 0 spiro atoms. The Kier molecular flexibility index (Phi) is 8.51. The fraction of sp³-hybridized carbons (Fsp3) is 0.278. The number of likely N-dealkylation sites (N-methyl/N-ethyl adjacent to an activating group) is 1. The average molecular weight is 396 g/mol. The van der Waals surface area contributed by atoms with Gasteiger partial charge < -0.3 is 10.6 Å². The van der Waals surface area contributed by atoms with Gasteiger partial charge in [0.05, 0.1) is 18.3 Å². The Hall–Kier alpha value is -2.15. The summed E-state index contributed by atoms with van der Waals surface area (Å²) >= 11 is 0. The Labute approximate surface area is 165 Å². The number of fused-ring (bicyclic) bond motifs is 1. The summed E-state index contributed by atoms with van der Waals surface area (Å²) in [7, 11) is 1.87. The van der Waals surface area contributed by atoms with Gasteiger partial charge >= 0.3 is 0 Å². The molecule has 140 valence electrons. The third kappa shape index (κ3) is 5.17. The van der Waals surface area contributed by atoms with Crippen LogP contribution in [0.1, 0.15) is 22.8 Å². The van der Waals surface area contributed by atoms with Crippen LogP contribution in [0, 0.1) is 0 Å². The quantitative estimate of drug-likeness (QED) is 0.672. The Morgan fingerprint density at radius 2 is 1.92 bits per heavy atom. The molecule has 0 bridgehead atoms. The van der Waals surface area contributed by atoms with Gasteiger partial charge in [-0.05, 0) is 25.6 Å². The van der Waals surface area contributed by atoms with Crippen molar-refractivity contribution >= 4 is 41.8 Å². The predicted molar refractivity (Wildman–Crippen MR) is 108 cm³/mol. The van der Waals surface area contributed by atoms with Gasteiger partial charge in [0.15, 0.2) is 5.65 Å². The van der Waals surface area contributed by atoms with Gasteiger partial charge in [0.2, 0.25) is 0 Å². The normalized spacial score (nSPS) is 11.3. The van der Waals surface area contributed by atoms with Crippen LogP contribution >= 0.6 is 24.8 Å². The van der Waals surface area contributed by atoms with Crippen LogP contribution in [0.3, 0.4) is 0 Å². The van der Waals surface area contributed by atoms with Crippen molar-refractivity contribution in [3.05, 3.63) is 59.9 Å². The molecule has 2 N–H and O–H groups in total. The van der Waals surface area contributed by atoms with Crippen molar-refractivity contribution in [2.45, 2.75) is 19.5 Å². The van der Waals surface area contributed by atoms with Crippen molar-refractivity contribution in [3.8, 4) is 0 Å². The molecule has 0 aliphatic heterocycles. The monoisotopic (exact) mass is 395 g/mol. The maximum Gasteiger partial charge on any atom is 0.252 e. The van der Waals surface area contributed by atoms with Crippen molar-refractivity contribution in [2.24, 2.45) is 0 Å². The number of benzene rings is 1. The number of halogens is 2. The van der Waals surface area contributed by atoms with Crippen molar-refractivity contribution in [2.75, 3.05) is 13.6 Å². The summed E-state index contributed by atoms with van der Waals surface area (Å²) in [6.45, 7) is 3.23. The predicted octanol–water partition coefficient (Wildman–Crippen LogP) is 2.66. The van der Waals surface area contributed by atoms with E-state index in [-0.39, 0.29) is 36.8 Å². The topological polar surface area (TPSA) is 71.8 Å². The van der Waals surface area contributed by atoms with Crippen molar-refractivity contribution in [1.82, 2.24) is 25.4 Å². The van der Waals surface area contributed by atoms with Crippen LogP contribution < -0.4 is 10.6 Å². The van der Waals surface area contributed by atoms with Crippen LogP contribution in [0.15, 0.2) is 48.8 Å². The molecule has 3 aromatic rings. The number of aromatic nitrogens is 3. The number of pyridine rings is 1. The highest BCUT2D eigenvalue weighted by atomic mass is 35.5. The first kappa shape index (κ1) is 21.9. The third-order valence-corrected chi connectivity index (χ3v) is 3.97. The van der Waals surface area contributed by atoms with Crippen LogP contribution in [0.4, 0.5) is 0 Å². The summed E-state index contributed by atoms with van der Waals surface area (Å²) in [6, 6.07) is 12.2. The molecule has 1 aromatic carbocycles. The molecule has 0 fully saturated rings. The molecular weight excluding hydrogens is 373 g/mol. The highest BCUT2D eigenvalue weighted by Gasteiger charge is 2.11. The van der Waals surface area contributed by atoms with E-state index in [1.165, 1.54) is 0 Å². The first-order chi connectivity index (χ1) is 11.7. The molecule has 2 aromatic heterocycles. The van der Waals surface area contributed by atoms with Crippen LogP contribution in [-0.2, 0) is 6.54 Å². The number of carbonyl (C=O) groups excluding carboxylic acids is 1. The minimum atomic E-state index is -0.123. The molecule has 2 heterocycles. The van der Waals surface area contributed by atoms with Gasteiger partial charge in [-0.1, -0.05) is 30.3 Å². The number of hydrogen-bond acceptors (Lipinski definition) is 4. The van der Waals surface area contributed by atoms with Gasteiger partial charge in [-0.25, -0.2) is 9.67 Å². The summed E-state index contributed by atoms with van der Waals surface area (Å²) in [4.78, 5) is 16.6. The summed E-state index contributed by atoms with van der Waals surface area (Å²) in [5.41, 5.74) is 2.48. The van der Waals surface area contributed by atoms with Gasteiger partial charge in [-0.15, -0.1) is 24.8 Å². The van der Waals surface area contributed by atoms with E-state index < -0.39 is 0 Å². The molecular formula is C18H23Cl2N5O. The highest BCUT2D eigenvalue weighted by molar-refractivity contribution is 5.96. The summed E-state index contributed by atoms with van der Waals surface area (Å²) < 4.78 is 1.84. The van der Waals surface area contributed by atoms with Crippen LogP contribution in [0.5, 0.6) is 0 Å². The van der Waals surface area contributed by atoms with E-state index in [4.69, 9.17) is 0 Å². The molecule has 6 nitrogen and oxygen atoms in total. The lowest BCUT2D eigenvalue weighted by Gasteiger charge is -2.11. The van der Waals surface area contributed by atoms with Crippen molar-refractivity contribution < 1.29 is 4.79 Å². The number of nitrogens with one attached hydrogen (secondary N) is 2. The van der Waals surface area contributed by atoms with E-state index in [2.05, 4.69) is 32.8 Å². The molecule has 26 heavy (non-hydrogen) atoms. The fourth-order valence-electron chi connectivity index (χ4n) is 2.42. The van der Waals surface area contributed by atoms with Crippen molar-refractivity contribution in [1.29, 1.82) is 0 Å². The molecule has 8 heteroatoms. The van der Waals surface area contributed by atoms with E-state index in [9.17, 15) is 4.79 Å². The molecule has 3 rings (SSSR count). The number of carbonyl (C=O) groups is 1. The largest absolute Gasteiger partial charge is 0.350 e. The smallest absolute Gasteiger partial charge is 0.252 e. The minimum Gasteiger partial charge on any atom is -0.350 e. The Bertz CT molecular complexity index is 838. The maximum absolute atomic E-state index is 12.2. The van der Waals surface area contributed by atoms with E-state index in [1.807, 2.05) is 42.9 Å². The van der Waals surface area contributed by atoms with Gasteiger partial charge in [0.1, 0.15) is 0 Å². The number of nitrogens with zero attached hydrogens (tertiary/aromatic N) is 3. The lowest BCUT2D eigenvalue weighted by Crippen LogP contribution is -2.37. The molecule has 0 aliphatic rings. The Morgan fingerprint density at radius 1 is 1.19 bits per heavy atom. The van der Waals surface area contributed by atoms with E-state index in [0.29, 0.717) is 18.7 Å². The van der Waals surface area contributed by atoms with Gasteiger partial charge in [-0.3, -0.25) is 4.79 Å². The van der Waals surface area contributed by atoms with Gasteiger partial charge in [0.25, 0.3) is 5.91 Å². The SMILES string of the molecule is CNC(C)CNC(=O)c1cnc2c(cnn2Cc2ccccc2)c1.Cl.Cl. The van der Waals surface area contributed by atoms with Gasteiger partial charge in [-0.2, -0.15) is 5.10 Å². The van der Waals surface area contributed by atoms with Crippen molar-refractivity contribution in [3.63, 3.8) is 0 Å². The Morgan fingerprint density at radius 3 is 2.62 bits per heavy atom. The minimum absolute atomic E-state index is 0. The molecule has 1 unspecified atom stereocenters. The molecule has 0 aliphatic carbocycles. The zero-order chi connectivity index (χ0) is 16.9.